The molecule has 0 aromatic heterocycles. The van der Waals surface area contributed by atoms with Crippen LogP contribution in [-0.2, 0) is 0 Å². The molecule has 1 saturated heterocycles. The first kappa shape index (κ1) is 16.0. The Kier molecular flexibility index (Phi) is 5.01. The van der Waals surface area contributed by atoms with Crippen molar-refractivity contribution in [1.29, 1.82) is 0 Å². The smallest absolute Gasteiger partial charge is 0.179 e. The van der Waals surface area contributed by atoms with Crippen LogP contribution in [0.25, 0.3) is 0 Å². The van der Waals surface area contributed by atoms with Gasteiger partial charge >= 0.3 is 0 Å². The van der Waals surface area contributed by atoms with Crippen LogP contribution < -0.4 is 5.32 Å². The molecular weight excluding hydrogens is 264 g/mol. The lowest BCUT2D eigenvalue weighted by atomic mass is 9.92. The third kappa shape index (κ3) is 3.44. The molecule has 1 atom stereocenters. The van der Waals surface area contributed by atoms with E-state index in [1.54, 1.807) is 6.07 Å². The van der Waals surface area contributed by atoms with Crippen LogP contribution in [0, 0.1) is 6.92 Å². The summed E-state index contributed by atoms with van der Waals surface area (Å²) in [6, 6.07) is 3.47. The average Bonchev–Trinajstić information content (AvgIpc) is 2.46. The van der Waals surface area contributed by atoms with E-state index in [1.807, 2.05) is 33.8 Å². The molecule has 0 saturated carbocycles. The van der Waals surface area contributed by atoms with Crippen LogP contribution in [0.4, 0.5) is 0 Å². The first-order valence-corrected chi connectivity index (χ1v) is 7.74. The quantitative estimate of drug-likeness (QED) is 0.836. The molecule has 1 aliphatic rings. The van der Waals surface area contributed by atoms with Gasteiger partial charge in [0.25, 0.3) is 0 Å². The fourth-order valence-electron chi connectivity index (χ4n) is 2.90. The fourth-order valence-corrected chi connectivity index (χ4v) is 2.90. The Labute approximate surface area is 127 Å². The standard InChI is InChI=1S/C17H26N2O2/c1-11(2)14-10-15(12(3)9-16(14)20)17(21)13(4)19-7-5-18-6-8-19/h9-11,13,18,20H,5-8H2,1-4H3. The number of phenols is 1. The highest BCUT2D eigenvalue weighted by Gasteiger charge is 2.25. The van der Waals surface area contributed by atoms with Gasteiger partial charge in [0.1, 0.15) is 5.75 Å². The van der Waals surface area contributed by atoms with E-state index in [-0.39, 0.29) is 23.5 Å². The average molecular weight is 290 g/mol. The van der Waals surface area contributed by atoms with E-state index in [4.69, 9.17) is 0 Å². The van der Waals surface area contributed by atoms with Gasteiger partial charge in [-0.1, -0.05) is 13.8 Å². The number of hydrogen-bond acceptors (Lipinski definition) is 4. The van der Waals surface area contributed by atoms with Gasteiger partial charge in [0, 0.05) is 31.7 Å². The van der Waals surface area contributed by atoms with Crippen LogP contribution in [0.1, 0.15) is 48.2 Å². The number of aryl methyl sites for hydroxylation is 1. The minimum absolute atomic E-state index is 0.115. The van der Waals surface area contributed by atoms with Crippen molar-refractivity contribution in [2.75, 3.05) is 26.2 Å². The Morgan fingerprint density at radius 3 is 2.43 bits per heavy atom. The van der Waals surface area contributed by atoms with Gasteiger partial charge in [0.05, 0.1) is 6.04 Å². The highest BCUT2D eigenvalue weighted by atomic mass is 16.3. The lowest BCUT2D eigenvalue weighted by Gasteiger charge is -2.32. The maximum absolute atomic E-state index is 12.8. The summed E-state index contributed by atoms with van der Waals surface area (Å²) in [5.41, 5.74) is 2.43. The highest BCUT2D eigenvalue weighted by Crippen LogP contribution is 2.29. The zero-order chi connectivity index (χ0) is 15.6. The minimum Gasteiger partial charge on any atom is -0.508 e. The Hall–Kier alpha value is -1.39. The Bertz CT molecular complexity index is 520. The van der Waals surface area contributed by atoms with Crippen molar-refractivity contribution in [2.45, 2.75) is 39.7 Å². The fraction of sp³-hybridized carbons (Fsp3) is 0.588. The Morgan fingerprint density at radius 2 is 1.86 bits per heavy atom. The second-order valence-corrected chi connectivity index (χ2v) is 6.21. The van der Waals surface area contributed by atoms with E-state index in [0.717, 1.165) is 42.9 Å². The summed E-state index contributed by atoms with van der Waals surface area (Å²) < 4.78 is 0. The summed E-state index contributed by atoms with van der Waals surface area (Å²) >= 11 is 0. The number of nitrogens with zero attached hydrogens (tertiary/aromatic N) is 1. The molecule has 1 heterocycles. The Balaban J connectivity index is 2.27. The zero-order valence-corrected chi connectivity index (χ0v) is 13.4. The number of benzene rings is 1. The maximum atomic E-state index is 12.8. The third-order valence-corrected chi connectivity index (χ3v) is 4.34. The molecule has 0 spiro atoms. The largest absolute Gasteiger partial charge is 0.508 e. The zero-order valence-electron chi connectivity index (χ0n) is 13.4. The molecular formula is C17H26N2O2. The second-order valence-electron chi connectivity index (χ2n) is 6.21. The molecule has 0 radical (unpaired) electrons. The summed E-state index contributed by atoms with van der Waals surface area (Å²) in [5.74, 6) is 0.636. The number of phenolic OH excluding ortho intramolecular Hbond substituents is 1. The predicted octanol–water partition coefficient (Wildman–Crippen LogP) is 2.30. The number of nitrogens with one attached hydrogen (secondary N) is 1. The highest BCUT2D eigenvalue weighted by molar-refractivity contribution is 6.01. The van der Waals surface area contributed by atoms with Gasteiger partial charge in [-0.15, -0.1) is 0 Å². The number of aromatic hydroxyl groups is 1. The van der Waals surface area contributed by atoms with Gasteiger partial charge in [0.15, 0.2) is 5.78 Å². The van der Waals surface area contributed by atoms with E-state index in [9.17, 15) is 9.90 Å². The third-order valence-electron chi connectivity index (χ3n) is 4.34. The molecule has 4 nitrogen and oxygen atoms in total. The molecule has 0 aliphatic carbocycles. The number of rotatable bonds is 4. The van der Waals surface area contributed by atoms with Crippen LogP contribution in [0.3, 0.4) is 0 Å². The molecule has 1 aromatic rings. The maximum Gasteiger partial charge on any atom is 0.179 e. The molecule has 0 amide bonds. The molecule has 2 N–H and O–H groups in total. The van der Waals surface area contributed by atoms with E-state index in [0.29, 0.717) is 0 Å². The first-order chi connectivity index (χ1) is 9.91. The molecule has 4 heteroatoms. The van der Waals surface area contributed by atoms with Crippen LogP contribution >= 0.6 is 0 Å². The number of Topliss-reactive ketones (excluding diaryl/α,β-unsaturated/α-hetero) is 1. The van der Waals surface area contributed by atoms with Crippen molar-refractivity contribution in [3.63, 3.8) is 0 Å². The van der Waals surface area contributed by atoms with Crippen LogP contribution in [0.2, 0.25) is 0 Å². The van der Waals surface area contributed by atoms with Crippen molar-refractivity contribution in [3.05, 3.63) is 28.8 Å². The summed E-state index contributed by atoms with van der Waals surface area (Å²) in [6.07, 6.45) is 0. The molecule has 1 unspecified atom stereocenters. The van der Waals surface area contributed by atoms with E-state index in [2.05, 4.69) is 10.2 Å². The van der Waals surface area contributed by atoms with Gasteiger partial charge in [-0.05, 0) is 43.0 Å². The van der Waals surface area contributed by atoms with Crippen molar-refractivity contribution in [3.8, 4) is 5.75 Å². The van der Waals surface area contributed by atoms with Gasteiger partial charge in [-0.3, -0.25) is 9.69 Å². The van der Waals surface area contributed by atoms with Gasteiger partial charge in [-0.25, -0.2) is 0 Å². The van der Waals surface area contributed by atoms with Crippen molar-refractivity contribution in [2.24, 2.45) is 0 Å². The first-order valence-electron chi connectivity index (χ1n) is 7.74. The molecule has 1 fully saturated rings. The number of hydrogen-bond donors (Lipinski definition) is 2. The van der Waals surface area contributed by atoms with Gasteiger partial charge in [-0.2, -0.15) is 0 Å². The van der Waals surface area contributed by atoms with Crippen LogP contribution in [0.5, 0.6) is 5.75 Å². The summed E-state index contributed by atoms with van der Waals surface area (Å²) in [5, 5.41) is 13.3. The summed E-state index contributed by atoms with van der Waals surface area (Å²) in [7, 11) is 0. The van der Waals surface area contributed by atoms with Crippen LogP contribution in [-0.4, -0.2) is 48.0 Å². The summed E-state index contributed by atoms with van der Waals surface area (Å²) in [4.78, 5) is 15.0. The Morgan fingerprint density at radius 1 is 1.24 bits per heavy atom. The number of carbonyl (C=O) groups is 1. The van der Waals surface area contributed by atoms with Crippen molar-refractivity contribution >= 4 is 5.78 Å². The molecule has 1 aliphatic heterocycles. The molecule has 21 heavy (non-hydrogen) atoms. The van der Waals surface area contributed by atoms with Crippen molar-refractivity contribution < 1.29 is 9.90 Å². The lowest BCUT2D eigenvalue weighted by molar-refractivity contribution is 0.0819. The van der Waals surface area contributed by atoms with E-state index in [1.165, 1.54) is 0 Å². The lowest BCUT2D eigenvalue weighted by Crippen LogP contribution is -2.50. The molecule has 1 aromatic carbocycles. The molecule has 2 rings (SSSR count). The van der Waals surface area contributed by atoms with Gasteiger partial charge in [0.2, 0.25) is 0 Å². The monoisotopic (exact) mass is 290 g/mol. The van der Waals surface area contributed by atoms with E-state index < -0.39 is 0 Å². The van der Waals surface area contributed by atoms with E-state index >= 15 is 0 Å². The second kappa shape index (κ2) is 6.58. The summed E-state index contributed by atoms with van der Waals surface area (Å²) in [6.45, 7) is 11.6. The molecule has 0 bridgehead atoms. The number of ketones is 1. The predicted molar refractivity (Wildman–Crippen MR) is 85.2 cm³/mol. The number of carbonyl (C=O) groups excluding carboxylic acids is 1. The van der Waals surface area contributed by atoms with Crippen molar-refractivity contribution in [1.82, 2.24) is 10.2 Å². The number of piperazine rings is 1. The normalized spacial score (nSPS) is 18.0. The SMILES string of the molecule is Cc1cc(O)c(C(C)C)cc1C(=O)C(C)N1CCNCC1. The van der Waals surface area contributed by atoms with Crippen LogP contribution in [0.15, 0.2) is 12.1 Å². The van der Waals surface area contributed by atoms with Gasteiger partial charge < -0.3 is 10.4 Å². The molecule has 116 valence electrons. The topological polar surface area (TPSA) is 52.6 Å². The minimum atomic E-state index is -0.115.